The molecule has 0 saturated heterocycles. The Labute approximate surface area is 130 Å². The van der Waals surface area contributed by atoms with Crippen molar-refractivity contribution in [2.45, 2.75) is 6.92 Å². The van der Waals surface area contributed by atoms with Crippen molar-refractivity contribution in [1.82, 2.24) is 9.55 Å². The molecule has 0 unspecified atom stereocenters. The summed E-state index contributed by atoms with van der Waals surface area (Å²) in [5.74, 6) is -0.263. The number of rotatable bonds is 2. The molecule has 6 heteroatoms. The van der Waals surface area contributed by atoms with Gasteiger partial charge >= 0.3 is 5.97 Å². The molecule has 2 aromatic carbocycles. The second-order valence-corrected chi connectivity index (χ2v) is 5.44. The Hall–Kier alpha value is -2.04. The molecule has 0 aliphatic rings. The van der Waals surface area contributed by atoms with E-state index in [2.05, 4.69) is 4.98 Å². The zero-order chi connectivity index (χ0) is 15.1. The lowest BCUT2D eigenvalue weighted by Gasteiger charge is -2.09. The zero-order valence-electron chi connectivity index (χ0n) is 11.0. The first-order chi connectivity index (χ1) is 9.97. The van der Waals surface area contributed by atoms with Gasteiger partial charge in [-0.15, -0.1) is 0 Å². The molecular formula is C15H10Cl2N2O2. The van der Waals surface area contributed by atoms with Gasteiger partial charge in [-0.1, -0.05) is 23.2 Å². The molecule has 0 fully saturated rings. The van der Waals surface area contributed by atoms with Gasteiger partial charge < -0.3 is 5.11 Å². The summed E-state index contributed by atoms with van der Waals surface area (Å²) in [6.45, 7) is 1.84. The van der Waals surface area contributed by atoms with E-state index in [0.29, 0.717) is 26.8 Å². The predicted octanol–water partition coefficient (Wildman–Crippen LogP) is 4.34. The molecule has 0 atom stereocenters. The number of aryl methyl sites for hydroxylation is 1. The summed E-state index contributed by atoms with van der Waals surface area (Å²) in [6, 6.07) is 9.96. The summed E-state index contributed by atoms with van der Waals surface area (Å²) in [6.07, 6.45) is 0. The molecule has 0 aliphatic heterocycles. The van der Waals surface area contributed by atoms with Crippen molar-refractivity contribution in [2.24, 2.45) is 0 Å². The number of aromatic carboxylic acids is 1. The lowest BCUT2D eigenvalue weighted by Crippen LogP contribution is -2.00. The van der Waals surface area contributed by atoms with E-state index in [1.54, 1.807) is 30.3 Å². The Balaban J connectivity index is 2.32. The van der Waals surface area contributed by atoms with Crippen molar-refractivity contribution >= 4 is 40.2 Å². The largest absolute Gasteiger partial charge is 0.478 e. The fourth-order valence-electron chi connectivity index (χ4n) is 2.30. The molecule has 1 heterocycles. The molecule has 3 aromatic rings. The normalized spacial score (nSPS) is 11.0. The van der Waals surface area contributed by atoms with Crippen LogP contribution in [0.15, 0.2) is 36.4 Å². The van der Waals surface area contributed by atoms with E-state index in [9.17, 15) is 4.79 Å². The van der Waals surface area contributed by atoms with Crippen LogP contribution in [0.4, 0.5) is 0 Å². The van der Waals surface area contributed by atoms with Crippen LogP contribution >= 0.6 is 23.2 Å². The quantitative estimate of drug-likeness (QED) is 0.764. The van der Waals surface area contributed by atoms with E-state index in [1.807, 2.05) is 11.5 Å². The van der Waals surface area contributed by atoms with Gasteiger partial charge in [-0.25, -0.2) is 9.78 Å². The Kier molecular flexibility index (Phi) is 3.35. The first kappa shape index (κ1) is 13.9. The van der Waals surface area contributed by atoms with Crippen LogP contribution in [0.5, 0.6) is 0 Å². The van der Waals surface area contributed by atoms with Gasteiger partial charge in [0.15, 0.2) is 0 Å². The number of hydrogen-bond donors (Lipinski definition) is 1. The van der Waals surface area contributed by atoms with Crippen LogP contribution in [-0.2, 0) is 0 Å². The average molecular weight is 321 g/mol. The Morgan fingerprint density at radius 2 is 1.95 bits per heavy atom. The van der Waals surface area contributed by atoms with Crippen LogP contribution in [0.2, 0.25) is 10.0 Å². The number of hydrogen-bond acceptors (Lipinski definition) is 2. The first-order valence-electron chi connectivity index (χ1n) is 6.15. The van der Waals surface area contributed by atoms with Gasteiger partial charge in [0.1, 0.15) is 5.82 Å². The summed E-state index contributed by atoms with van der Waals surface area (Å²) in [4.78, 5) is 15.6. The maximum absolute atomic E-state index is 11.1. The van der Waals surface area contributed by atoms with E-state index in [-0.39, 0.29) is 5.56 Å². The third-order valence-electron chi connectivity index (χ3n) is 3.22. The highest BCUT2D eigenvalue weighted by Crippen LogP contribution is 2.29. The second-order valence-electron chi connectivity index (χ2n) is 4.60. The van der Waals surface area contributed by atoms with Gasteiger partial charge in [0.25, 0.3) is 0 Å². The lowest BCUT2D eigenvalue weighted by atomic mass is 10.2. The number of carbonyl (C=O) groups is 1. The molecule has 1 N–H and O–H groups in total. The van der Waals surface area contributed by atoms with Gasteiger partial charge in [-0.05, 0) is 43.3 Å². The summed E-state index contributed by atoms with van der Waals surface area (Å²) < 4.78 is 1.82. The summed E-state index contributed by atoms with van der Waals surface area (Å²) in [5, 5.41) is 10.1. The molecule has 0 saturated carbocycles. The number of aromatic nitrogens is 2. The van der Waals surface area contributed by atoms with Crippen molar-refractivity contribution < 1.29 is 9.90 Å². The van der Waals surface area contributed by atoms with Crippen molar-refractivity contribution in [3.63, 3.8) is 0 Å². The predicted molar refractivity (Wildman–Crippen MR) is 82.8 cm³/mol. The third-order valence-corrected chi connectivity index (χ3v) is 3.76. The highest BCUT2D eigenvalue weighted by molar-refractivity contribution is 6.35. The van der Waals surface area contributed by atoms with Gasteiger partial charge in [0, 0.05) is 5.02 Å². The van der Waals surface area contributed by atoms with Crippen LogP contribution < -0.4 is 0 Å². The third kappa shape index (κ3) is 2.37. The molecule has 106 valence electrons. The Morgan fingerprint density at radius 1 is 1.19 bits per heavy atom. The lowest BCUT2D eigenvalue weighted by molar-refractivity contribution is 0.0697. The molecule has 0 spiro atoms. The molecule has 3 rings (SSSR count). The fraction of sp³-hybridized carbons (Fsp3) is 0.0667. The number of carboxylic acids is 1. The minimum absolute atomic E-state index is 0.203. The molecule has 4 nitrogen and oxygen atoms in total. The SMILES string of the molecule is Cc1nc2ccc(C(=O)O)cc2n1-c1ccc(Cl)cc1Cl. The van der Waals surface area contributed by atoms with Gasteiger partial charge in [-0.3, -0.25) is 4.57 Å². The standard InChI is InChI=1S/C15H10Cl2N2O2/c1-8-18-12-4-2-9(15(20)21)6-14(12)19(8)13-5-3-10(16)7-11(13)17/h2-7H,1H3,(H,20,21). The summed E-state index contributed by atoms with van der Waals surface area (Å²) in [7, 11) is 0. The molecule has 0 aliphatic carbocycles. The van der Waals surface area contributed by atoms with Crippen LogP contribution in [-0.4, -0.2) is 20.6 Å². The number of nitrogens with zero attached hydrogens (tertiary/aromatic N) is 2. The first-order valence-corrected chi connectivity index (χ1v) is 6.91. The number of imidazole rings is 1. The monoisotopic (exact) mass is 320 g/mol. The van der Waals surface area contributed by atoms with Crippen molar-refractivity contribution in [2.75, 3.05) is 0 Å². The maximum Gasteiger partial charge on any atom is 0.335 e. The van der Waals surface area contributed by atoms with E-state index in [4.69, 9.17) is 28.3 Å². The van der Waals surface area contributed by atoms with Crippen LogP contribution in [0.1, 0.15) is 16.2 Å². The highest BCUT2D eigenvalue weighted by Gasteiger charge is 2.14. The van der Waals surface area contributed by atoms with Gasteiger partial charge in [0.2, 0.25) is 0 Å². The Morgan fingerprint density at radius 3 is 2.62 bits per heavy atom. The van der Waals surface area contributed by atoms with Crippen LogP contribution in [0, 0.1) is 6.92 Å². The van der Waals surface area contributed by atoms with Crippen molar-refractivity contribution in [3.05, 3.63) is 57.8 Å². The van der Waals surface area contributed by atoms with E-state index >= 15 is 0 Å². The smallest absolute Gasteiger partial charge is 0.335 e. The van der Waals surface area contributed by atoms with Crippen molar-refractivity contribution in [1.29, 1.82) is 0 Å². The number of carboxylic acid groups (broad SMARTS) is 1. The number of halogens is 2. The minimum Gasteiger partial charge on any atom is -0.478 e. The molecule has 1 aromatic heterocycles. The van der Waals surface area contributed by atoms with E-state index in [1.165, 1.54) is 6.07 Å². The summed E-state index contributed by atoms with van der Waals surface area (Å²) in [5.41, 5.74) is 2.32. The molecule has 0 amide bonds. The fourth-order valence-corrected chi connectivity index (χ4v) is 2.79. The Bertz CT molecular complexity index is 871. The number of fused-ring (bicyclic) bond motifs is 1. The van der Waals surface area contributed by atoms with Crippen molar-refractivity contribution in [3.8, 4) is 5.69 Å². The average Bonchev–Trinajstić information content (AvgIpc) is 2.74. The van der Waals surface area contributed by atoms with Crippen LogP contribution in [0.25, 0.3) is 16.7 Å². The maximum atomic E-state index is 11.1. The van der Waals surface area contributed by atoms with E-state index < -0.39 is 5.97 Å². The van der Waals surface area contributed by atoms with Gasteiger partial charge in [-0.2, -0.15) is 0 Å². The van der Waals surface area contributed by atoms with Crippen LogP contribution in [0.3, 0.4) is 0 Å². The zero-order valence-corrected chi connectivity index (χ0v) is 12.5. The molecular weight excluding hydrogens is 311 g/mol. The molecule has 0 bridgehead atoms. The molecule has 21 heavy (non-hydrogen) atoms. The topological polar surface area (TPSA) is 55.1 Å². The molecule has 0 radical (unpaired) electrons. The minimum atomic E-state index is -0.982. The van der Waals surface area contributed by atoms with E-state index in [0.717, 1.165) is 5.82 Å². The summed E-state index contributed by atoms with van der Waals surface area (Å²) >= 11 is 12.2. The number of benzene rings is 2. The van der Waals surface area contributed by atoms with Gasteiger partial charge in [0.05, 0.1) is 27.3 Å². The second kappa shape index (κ2) is 5.06. The highest BCUT2D eigenvalue weighted by atomic mass is 35.5.